The van der Waals surface area contributed by atoms with E-state index in [-0.39, 0.29) is 18.6 Å². The number of hydrogen-bond acceptors (Lipinski definition) is 4. The predicted molar refractivity (Wildman–Crippen MR) is 79.1 cm³/mol. The number of nitrogens with zero attached hydrogens (tertiary/aromatic N) is 1. The molecule has 0 heterocycles. The van der Waals surface area contributed by atoms with Crippen molar-refractivity contribution < 1.29 is 14.4 Å². The lowest BCUT2D eigenvalue weighted by Crippen LogP contribution is -2.36. The number of carbonyl (C=O) groups is 1. The van der Waals surface area contributed by atoms with Crippen LogP contribution in [0.4, 0.5) is 0 Å². The third kappa shape index (κ3) is 5.30. The SMILES string of the molecule is CCC(CC)NC(=O)CO/N=C\c1ccccc1OC. The molecule has 0 saturated carbocycles. The number of nitrogens with one attached hydrogen (secondary N) is 1. The van der Waals surface area contributed by atoms with E-state index in [1.54, 1.807) is 7.11 Å². The topological polar surface area (TPSA) is 59.9 Å². The maximum absolute atomic E-state index is 11.6. The van der Waals surface area contributed by atoms with E-state index >= 15 is 0 Å². The van der Waals surface area contributed by atoms with Gasteiger partial charge in [-0.25, -0.2) is 0 Å². The summed E-state index contributed by atoms with van der Waals surface area (Å²) in [5, 5.41) is 6.66. The predicted octanol–water partition coefficient (Wildman–Crippen LogP) is 2.35. The number of ether oxygens (including phenoxy) is 1. The van der Waals surface area contributed by atoms with Gasteiger partial charge >= 0.3 is 0 Å². The van der Waals surface area contributed by atoms with E-state index in [9.17, 15) is 4.79 Å². The van der Waals surface area contributed by atoms with Gasteiger partial charge in [0.25, 0.3) is 5.91 Å². The highest BCUT2D eigenvalue weighted by Gasteiger charge is 2.08. The number of rotatable bonds is 8. The number of benzene rings is 1. The standard InChI is InChI=1S/C15H22N2O3/c1-4-13(5-2)17-15(18)11-20-16-10-12-8-6-7-9-14(12)19-3/h6-10,13H,4-5,11H2,1-3H3,(H,17,18)/b16-10-. The molecule has 5 heteroatoms. The summed E-state index contributed by atoms with van der Waals surface area (Å²) < 4.78 is 5.18. The summed E-state index contributed by atoms with van der Waals surface area (Å²) in [6.07, 6.45) is 3.35. The van der Waals surface area contributed by atoms with E-state index in [0.717, 1.165) is 18.4 Å². The normalized spacial score (nSPS) is 10.8. The van der Waals surface area contributed by atoms with Crippen molar-refractivity contribution in [3.05, 3.63) is 29.8 Å². The number of hydrogen-bond donors (Lipinski definition) is 1. The molecular formula is C15H22N2O3. The Hall–Kier alpha value is -2.04. The molecule has 1 aromatic carbocycles. The molecule has 1 aromatic rings. The van der Waals surface area contributed by atoms with Crippen molar-refractivity contribution in [3.63, 3.8) is 0 Å². The molecule has 0 spiro atoms. The average molecular weight is 278 g/mol. The van der Waals surface area contributed by atoms with E-state index in [2.05, 4.69) is 10.5 Å². The van der Waals surface area contributed by atoms with Gasteiger partial charge in [-0.2, -0.15) is 0 Å². The van der Waals surface area contributed by atoms with Crippen LogP contribution >= 0.6 is 0 Å². The quantitative estimate of drug-likeness (QED) is 0.586. The first-order valence-electron chi connectivity index (χ1n) is 6.78. The zero-order valence-corrected chi connectivity index (χ0v) is 12.3. The first-order chi connectivity index (χ1) is 9.71. The summed E-state index contributed by atoms with van der Waals surface area (Å²) in [6, 6.07) is 7.64. The fraction of sp³-hybridized carbons (Fsp3) is 0.467. The van der Waals surface area contributed by atoms with Crippen LogP contribution in [0.15, 0.2) is 29.4 Å². The van der Waals surface area contributed by atoms with Gasteiger partial charge in [0.15, 0.2) is 6.61 Å². The number of carbonyl (C=O) groups excluding carboxylic acids is 1. The second-order valence-electron chi connectivity index (χ2n) is 4.33. The van der Waals surface area contributed by atoms with Gasteiger partial charge in [0, 0.05) is 11.6 Å². The molecule has 0 radical (unpaired) electrons. The minimum atomic E-state index is -0.157. The first-order valence-corrected chi connectivity index (χ1v) is 6.78. The van der Waals surface area contributed by atoms with E-state index < -0.39 is 0 Å². The van der Waals surface area contributed by atoms with Gasteiger partial charge in [-0.3, -0.25) is 4.79 Å². The summed E-state index contributed by atoms with van der Waals surface area (Å²) in [5.41, 5.74) is 0.801. The Kier molecular flexibility index (Phi) is 7.17. The number of amides is 1. The molecule has 0 aliphatic carbocycles. The monoisotopic (exact) mass is 278 g/mol. The second kappa shape index (κ2) is 8.96. The summed E-state index contributed by atoms with van der Waals surface area (Å²) in [4.78, 5) is 16.6. The van der Waals surface area contributed by atoms with Crippen molar-refractivity contribution in [1.82, 2.24) is 5.32 Å². The van der Waals surface area contributed by atoms with Gasteiger partial charge in [-0.1, -0.05) is 31.1 Å². The summed E-state index contributed by atoms with van der Waals surface area (Å²) in [7, 11) is 1.59. The smallest absolute Gasteiger partial charge is 0.260 e. The molecule has 0 unspecified atom stereocenters. The number of para-hydroxylation sites is 1. The van der Waals surface area contributed by atoms with Gasteiger partial charge < -0.3 is 14.9 Å². The van der Waals surface area contributed by atoms with E-state index in [1.807, 2.05) is 38.1 Å². The Morgan fingerprint density at radius 2 is 2.05 bits per heavy atom. The van der Waals surface area contributed by atoms with Crippen LogP contribution in [-0.2, 0) is 9.63 Å². The second-order valence-corrected chi connectivity index (χ2v) is 4.33. The number of oxime groups is 1. The molecule has 110 valence electrons. The summed E-state index contributed by atoms with van der Waals surface area (Å²) in [5.74, 6) is 0.553. The van der Waals surface area contributed by atoms with Crippen LogP contribution in [0.1, 0.15) is 32.3 Å². The van der Waals surface area contributed by atoms with Crippen LogP contribution in [0.5, 0.6) is 5.75 Å². The highest BCUT2D eigenvalue weighted by Crippen LogP contribution is 2.14. The zero-order chi connectivity index (χ0) is 14.8. The number of methoxy groups -OCH3 is 1. The largest absolute Gasteiger partial charge is 0.496 e. The van der Waals surface area contributed by atoms with Crippen LogP contribution in [0, 0.1) is 0 Å². The van der Waals surface area contributed by atoms with Gasteiger partial charge in [0.2, 0.25) is 0 Å². The Morgan fingerprint density at radius 1 is 1.35 bits per heavy atom. The Morgan fingerprint density at radius 3 is 2.70 bits per heavy atom. The zero-order valence-electron chi connectivity index (χ0n) is 12.3. The molecule has 1 rings (SSSR count). The van der Waals surface area contributed by atoms with Gasteiger partial charge in [0.1, 0.15) is 5.75 Å². The van der Waals surface area contributed by atoms with Crippen molar-refractivity contribution in [3.8, 4) is 5.75 Å². The highest BCUT2D eigenvalue weighted by molar-refractivity contribution is 5.83. The molecule has 0 aliphatic heterocycles. The third-order valence-electron chi connectivity index (χ3n) is 2.95. The van der Waals surface area contributed by atoms with Crippen molar-refractivity contribution in [2.45, 2.75) is 32.7 Å². The maximum atomic E-state index is 11.6. The summed E-state index contributed by atoms with van der Waals surface area (Å²) >= 11 is 0. The minimum absolute atomic E-state index is 0.0812. The lowest BCUT2D eigenvalue weighted by molar-refractivity contribution is -0.126. The molecule has 1 amide bonds. The van der Waals surface area contributed by atoms with Crippen molar-refractivity contribution in [1.29, 1.82) is 0 Å². The third-order valence-corrected chi connectivity index (χ3v) is 2.95. The van der Waals surface area contributed by atoms with Crippen LogP contribution in [-0.4, -0.2) is 31.9 Å². The van der Waals surface area contributed by atoms with Crippen LogP contribution in [0.3, 0.4) is 0 Å². The molecule has 0 aliphatic rings. The minimum Gasteiger partial charge on any atom is -0.496 e. The van der Waals surface area contributed by atoms with Gasteiger partial charge in [0.05, 0.1) is 13.3 Å². The van der Waals surface area contributed by atoms with Crippen molar-refractivity contribution in [2.75, 3.05) is 13.7 Å². The fourth-order valence-electron chi connectivity index (χ4n) is 1.73. The van der Waals surface area contributed by atoms with E-state index in [4.69, 9.17) is 9.57 Å². The van der Waals surface area contributed by atoms with Gasteiger partial charge in [-0.05, 0) is 25.0 Å². The molecule has 20 heavy (non-hydrogen) atoms. The average Bonchev–Trinajstić information content (AvgIpc) is 2.49. The molecular weight excluding hydrogens is 256 g/mol. The Bertz CT molecular complexity index is 442. The first kappa shape index (κ1) is 16.0. The van der Waals surface area contributed by atoms with Crippen molar-refractivity contribution in [2.24, 2.45) is 5.16 Å². The Balaban J connectivity index is 2.40. The molecule has 0 fully saturated rings. The summed E-state index contributed by atoms with van der Waals surface area (Å²) in [6.45, 7) is 3.99. The lowest BCUT2D eigenvalue weighted by Gasteiger charge is -2.13. The molecule has 1 N–H and O–H groups in total. The van der Waals surface area contributed by atoms with Crippen molar-refractivity contribution >= 4 is 12.1 Å². The highest BCUT2D eigenvalue weighted by atomic mass is 16.6. The molecule has 0 atom stereocenters. The molecule has 0 saturated heterocycles. The van der Waals surface area contributed by atoms with Crippen LogP contribution < -0.4 is 10.1 Å². The molecule has 0 bridgehead atoms. The van der Waals surface area contributed by atoms with E-state index in [1.165, 1.54) is 6.21 Å². The van der Waals surface area contributed by atoms with E-state index in [0.29, 0.717) is 5.75 Å². The lowest BCUT2D eigenvalue weighted by atomic mass is 10.2. The molecule has 5 nitrogen and oxygen atoms in total. The molecule has 0 aromatic heterocycles. The fourth-order valence-corrected chi connectivity index (χ4v) is 1.73. The van der Waals surface area contributed by atoms with Gasteiger partial charge in [-0.15, -0.1) is 0 Å². The Labute approximate surface area is 120 Å². The maximum Gasteiger partial charge on any atom is 0.260 e. The van der Waals surface area contributed by atoms with Crippen LogP contribution in [0.2, 0.25) is 0 Å². The van der Waals surface area contributed by atoms with Crippen LogP contribution in [0.25, 0.3) is 0 Å².